The first kappa shape index (κ1) is 25.9. The summed E-state index contributed by atoms with van der Waals surface area (Å²) in [6.45, 7) is 12.1. The minimum absolute atomic E-state index is 0.425. The van der Waals surface area contributed by atoms with Gasteiger partial charge in [0.15, 0.2) is 5.65 Å². The first-order chi connectivity index (χ1) is 16.3. The minimum Gasteiger partial charge on any atom is -0.495 e. The molecule has 0 fully saturated rings. The number of fused-ring (bicyclic) bond motifs is 1. The molecule has 8 nitrogen and oxygen atoms in total. The quantitative estimate of drug-likeness (QED) is 0.357. The number of imidazole rings is 1. The smallest absolute Gasteiger partial charge is 0.209 e. The summed E-state index contributed by atoms with van der Waals surface area (Å²) in [6.07, 6.45) is 0.807. The molecule has 2 heterocycles. The van der Waals surface area contributed by atoms with Crippen LogP contribution < -0.4 is 25.4 Å². The SMILES string of the molecule is COc1cc(Nc2nc3ccc(N(CC(C)C)CC(C)C)nc3n2CCCN)cc(OC)c1Cl. The van der Waals surface area contributed by atoms with Crippen LogP contribution in [0.3, 0.4) is 0 Å². The van der Waals surface area contributed by atoms with E-state index in [1.165, 1.54) is 0 Å². The van der Waals surface area contributed by atoms with Crippen molar-refractivity contribution < 1.29 is 9.47 Å². The molecule has 0 bridgehead atoms. The third-order valence-electron chi connectivity index (χ3n) is 5.36. The number of rotatable bonds is 12. The largest absolute Gasteiger partial charge is 0.495 e. The molecule has 3 N–H and O–H groups in total. The molecule has 0 unspecified atom stereocenters. The minimum atomic E-state index is 0.425. The molecule has 34 heavy (non-hydrogen) atoms. The van der Waals surface area contributed by atoms with Crippen LogP contribution in [0.1, 0.15) is 34.1 Å². The van der Waals surface area contributed by atoms with Gasteiger partial charge >= 0.3 is 0 Å². The molecule has 186 valence electrons. The van der Waals surface area contributed by atoms with Gasteiger partial charge in [0, 0.05) is 37.5 Å². The van der Waals surface area contributed by atoms with Crippen LogP contribution in [0.2, 0.25) is 5.02 Å². The zero-order valence-corrected chi connectivity index (χ0v) is 21.8. The average Bonchev–Trinajstić information content (AvgIpc) is 3.13. The molecule has 3 aromatic rings. The van der Waals surface area contributed by atoms with Gasteiger partial charge in [-0.2, -0.15) is 0 Å². The maximum Gasteiger partial charge on any atom is 0.209 e. The van der Waals surface area contributed by atoms with E-state index in [1.807, 2.05) is 18.2 Å². The maximum absolute atomic E-state index is 6.34. The van der Waals surface area contributed by atoms with Crippen LogP contribution in [-0.4, -0.2) is 48.4 Å². The summed E-state index contributed by atoms with van der Waals surface area (Å²) in [5.41, 5.74) is 8.25. The Labute approximate surface area is 207 Å². The van der Waals surface area contributed by atoms with Crippen molar-refractivity contribution in [3.63, 3.8) is 0 Å². The van der Waals surface area contributed by atoms with Crippen molar-refractivity contribution in [1.29, 1.82) is 0 Å². The van der Waals surface area contributed by atoms with Crippen molar-refractivity contribution in [3.05, 3.63) is 29.3 Å². The Morgan fingerprint density at radius 1 is 1.03 bits per heavy atom. The van der Waals surface area contributed by atoms with Gasteiger partial charge in [-0.3, -0.25) is 4.57 Å². The average molecular weight is 489 g/mol. The van der Waals surface area contributed by atoms with Crippen LogP contribution in [0.5, 0.6) is 11.5 Å². The molecule has 1 aromatic carbocycles. The molecule has 0 spiro atoms. The van der Waals surface area contributed by atoms with Crippen LogP contribution in [0.4, 0.5) is 17.5 Å². The number of aromatic nitrogens is 3. The molecule has 0 aliphatic heterocycles. The Balaban J connectivity index is 2.05. The number of pyridine rings is 1. The fourth-order valence-electron chi connectivity index (χ4n) is 3.94. The monoisotopic (exact) mass is 488 g/mol. The van der Waals surface area contributed by atoms with Crippen molar-refractivity contribution in [2.24, 2.45) is 17.6 Å². The number of ether oxygens (including phenoxy) is 2. The van der Waals surface area contributed by atoms with Gasteiger partial charge in [-0.15, -0.1) is 0 Å². The highest BCUT2D eigenvalue weighted by molar-refractivity contribution is 6.33. The Morgan fingerprint density at radius 2 is 1.65 bits per heavy atom. The topological polar surface area (TPSA) is 90.5 Å². The predicted octanol–water partition coefficient (Wildman–Crippen LogP) is 5.31. The fourth-order valence-corrected chi connectivity index (χ4v) is 4.20. The molecule has 0 atom stereocenters. The van der Waals surface area contributed by atoms with Gasteiger partial charge in [0.25, 0.3) is 0 Å². The van der Waals surface area contributed by atoms with Crippen LogP contribution in [0, 0.1) is 11.8 Å². The van der Waals surface area contributed by atoms with E-state index >= 15 is 0 Å². The number of halogens is 1. The van der Waals surface area contributed by atoms with E-state index in [-0.39, 0.29) is 0 Å². The molecule has 0 aliphatic carbocycles. The van der Waals surface area contributed by atoms with Gasteiger partial charge in [-0.05, 0) is 36.9 Å². The molecular weight excluding hydrogens is 452 g/mol. The second-order valence-corrected chi connectivity index (χ2v) is 9.63. The third kappa shape index (κ3) is 6.04. The van der Waals surface area contributed by atoms with Crippen LogP contribution in [0.15, 0.2) is 24.3 Å². The van der Waals surface area contributed by atoms with Gasteiger partial charge in [0.05, 0.1) is 14.2 Å². The van der Waals surface area contributed by atoms with E-state index in [2.05, 4.69) is 48.5 Å². The molecule has 2 aromatic heterocycles. The van der Waals surface area contributed by atoms with Crippen molar-refractivity contribution in [1.82, 2.24) is 14.5 Å². The molecular formula is C25H37ClN6O2. The number of aryl methyl sites for hydroxylation is 1. The molecule has 0 amide bonds. The van der Waals surface area contributed by atoms with E-state index in [9.17, 15) is 0 Å². The van der Waals surface area contributed by atoms with E-state index in [0.717, 1.165) is 42.2 Å². The normalized spacial score (nSPS) is 11.5. The highest BCUT2D eigenvalue weighted by atomic mass is 35.5. The zero-order chi connectivity index (χ0) is 24.8. The predicted molar refractivity (Wildman–Crippen MR) is 141 cm³/mol. The summed E-state index contributed by atoms with van der Waals surface area (Å²) in [5.74, 6) is 3.75. The van der Waals surface area contributed by atoms with Gasteiger partial charge in [-0.25, -0.2) is 9.97 Å². The van der Waals surface area contributed by atoms with Crippen molar-refractivity contribution in [2.45, 2.75) is 40.7 Å². The number of hydrogen-bond acceptors (Lipinski definition) is 7. The third-order valence-corrected chi connectivity index (χ3v) is 5.73. The molecule has 0 saturated heterocycles. The first-order valence-electron chi connectivity index (χ1n) is 11.8. The Hall–Kier alpha value is -2.71. The second kappa shape index (κ2) is 11.6. The Bertz CT molecular complexity index is 1060. The lowest BCUT2D eigenvalue weighted by atomic mass is 10.1. The lowest BCUT2D eigenvalue weighted by molar-refractivity contribution is 0.395. The van der Waals surface area contributed by atoms with Crippen LogP contribution in [0.25, 0.3) is 11.2 Å². The number of hydrogen-bond donors (Lipinski definition) is 2. The molecule has 0 aliphatic rings. The fraction of sp³-hybridized carbons (Fsp3) is 0.520. The van der Waals surface area contributed by atoms with Gasteiger partial charge in [0.1, 0.15) is 27.9 Å². The number of nitrogens with two attached hydrogens (primary N) is 1. The summed E-state index contributed by atoms with van der Waals surface area (Å²) in [7, 11) is 3.15. The van der Waals surface area contributed by atoms with Crippen LogP contribution >= 0.6 is 11.6 Å². The summed E-state index contributed by atoms with van der Waals surface area (Å²) in [4.78, 5) is 12.2. The maximum atomic E-state index is 6.34. The van der Waals surface area contributed by atoms with Crippen molar-refractivity contribution in [2.75, 3.05) is 44.1 Å². The number of nitrogens with zero attached hydrogens (tertiary/aromatic N) is 4. The Morgan fingerprint density at radius 3 is 2.18 bits per heavy atom. The molecule has 0 radical (unpaired) electrons. The summed E-state index contributed by atoms with van der Waals surface area (Å²) in [5, 5.41) is 3.82. The lowest BCUT2D eigenvalue weighted by Gasteiger charge is -2.27. The van der Waals surface area contributed by atoms with Crippen molar-refractivity contribution in [3.8, 4) is 11.5 Å². The second-order valence-electron chi connectivity index (χ2n) is 9.25. The zero-order valence-electron chi connectivity index (χ0n) is 21.1. The molecule has 3 rings (SSSR count). The Kier molecular flexibility index (Phi) is 8.85. The van der Waals surface area contributed by atoms with Gasteiger partial charge in [-0.1, -0.05) is 39.3 Å². The van der Waals surface area contributed by atoms with Gasteiger partial charge in [0.2, 0.25) is 5.95 Å². The van der Waals surface area contributed by atoms with Gasteiger partial charge < -0.3 is 25.4 Å². The first-order valence-corrected chi connectivity index (χ1v) is 12.2. The number of nitrogens with one attached hydrogen (secondary N) is 1. The van der Waals surface area contributed by atoms with E-state index < -0.39 is 0 Å². The van der Waals surface area contributed by atoms with E-state index in [0.29, 0.717) is 47.4 Å². The highest BCUT2D eigenvalue weighted by Crippen LogP contribution is 2.38. The standard InChI is InChI=1S/C25H37ClN6O2/c1-16(2)14-31(15-17(3)4)22-9-8-19-24(30-22)32(11-7-10-27)25(29-19)28-18-12-20(33-5)23(26)21(13-18)34-6/h8-9,12-13,16-17H,7,10-11,14-15,27H2,1-6H3,(H,28,29). The lowest BCUT2D eigenvalue weighted by Crippen LogP contribution is -2.32. The van der Waals surface area contributed by atoms with Crippen molar-refractivity contribution >= 4 is 40.2 Å². The van der Waals surface area contributed by atoms with E-state index in [4.69, 9.17) is 36.8 Å². The summed E-state index contributed by atoms with van der Waals surface area (Å²) >= 11 is 6.34. The number of benzene rings is 1. The molecule has 0 saturated carbocycles. The van der Waals surface area contributed by atoms with E-state index in [1.54, 1.807) is 14.2 Å². The summed E-state index contributed by atoms with van der Waals surface area (Å²) in [6, 6.07) is 7.75. The highest BCUT2D eigenvalue weighted by Gasteiger charge is 2.18. The number of anilines is 3. The molecule has 9 heteroatoms. The van der Waals surface area contributed by atoms with Crippen LogP contribution in [-0.2, 0) is 6.54 Å². The number of methoxy groups -OCH3 is 2. The summed E-state index contributed by atoms with van der Waals surface area (Å²) < 4.78 is 12.9.